The number of amides is 1. The minimum atomic E-state index is -0.799. The van der Waals surface area contributed by atoms with Gasteiger partial charge >= 0.3 is 5.97 Å². The summed E-state index contributed by atoms with van der Waals surface area (Å²) in [6.45, 7) is 15.8. The van der Waals surface area contributed by atoms with E-state index in [9.17, 15) is 14.7 Å². The zero-order chi connectivity index (χ0) is 31.6. The molecular formula is C37H46ClNO4. The minimum Gasteiger partial charge on any atom is -0.507 e. The van der Waals surface area contributed by atoms with Crippen LogP contribution in [-0.2, 0) is 9.59 Å². The van der Waals surface area contributed by atoms with Gasteiger partial charge in [0, 0.05) is 34.9 Å². The van der Waals surface area contributed by atoms with E-state index in [0.29, 0.717) is 16.2 Å². The summed E-state index contributed by atoms with van der Waals surface area (Å²) in [5, 5.41) is 19.6. The number of aliphatic carboxylic acids is 1. The highest BCUT2D eigenvalue weighted by Gasteiger charge is 2.29. The zero-order valence-corrected chi connectivity index (χ0v) is 26.4. The second-order valence-electron chi connectivity index (χ2n) is 9.72. The molecule has 0 saturated heterocycles. The standard InChI is InChI=1S/C22H16ClNO2.C12H20O2.C2H6.CH4/c1-13-17-11-18(19(23)12-20(17)24(2)22(13)26)15-9-7-14(8-10-15)16-5-3-4-6-21(16)25;1-5-9(4)11(12(13)14)8-10(6-2)7-3;1-2;/h3-12,25H,1H2,2H3;6,8-9H,5,7H2,1-4H3,(H,13,14);1-2H3;1H4/b;10-6-,11-8+;;. The molecule has 0 saturated carbocycles. The molecule has 1 unspecified atom stereocenters. The van der Waals surface area contributed by atoms with Gasteiger partial charge in [-0.25, -0.2) is 4.79 Å². The summed E-state index contributed by atoms with van der Waals surface area (Å²) in [7, 11) is 1.72. The third-order valence-electron chi connectivity index (χ3n) is 7.26. The summed E-state index contributed by atoms with van der Waals surface area (Å²) < 4.78 is 0. The number of carboxylic acid groups (broad SMARTS) is 1. The van der Waals surface area contributed by atoms with Crippen molar-refractivity contribution in [3.8, 4) is 28.0 Å². The molecule has 5 nitrogen and oxygen atoms in total. The van der Waals surface area contributed by atoms with Gasteiger partial charge in [0.25, 0.3) is 5.91 Å². The van der Waals surface area contributed by atoms with E-state index in [4.69, 9.17) is 16.7 Å². The van der Waals surface area contributed by atoms with E-state index in [0.717, 1.165) is 51.9 Å². The molecule has 0 spiro atoms. The van der Waals surface area contributed by atoms with Gasteiger partial charge in [-0.3, -0.25) is 4.79 Å². The van der Waals surface area contributed by atoms with Crippen LogP contribution < -0.4 is 4.90 Å². The Labute approximate surface area is 262 Å². The summed E-state index contributed by atoms with van der Waals surface area (Å²) in [5.74, 6) is -0.544. The van der Waals surface area contributed by atoms with Crippen molar-refractivity contribution in [3.05, 3.63) is 101 Å². The Morgan fingerprint density at radius 2 is 1.56 bits per heavy atom. The number of carboxylic acids is 1. The lowest BCUT2D eigenvalue weighted by Gasteiger charge is -2.12. The molecule has 1 amide bonds. The first-order valence-electron chi connectivity index (χ1n) is 14.3. The number of hydrogen-bond donors (Lipinski definition) is 2. The number of allylic oxidation sites excluding steroid dienone is 3. The maximum atomic E-state index is 12.1. The van der Waals surface area contributed by atoms with Crippen LogP contribution in [0.1, 0.15) is 67.4 Å². The molecule has 1 aliphatic heterocycles. The third-order valence-corrected chi connectivity index (χ3v) is 7.57. The van der Waals surface area contributed by atoms with Crippen LogP contribution in [0, 0.1) is 5.92 Å². The number of carbonyl (C=O) groups excluding carboxylic acids is 1. The van der Waals surface area contributed by atoms with Crippen molar-refractivity contribution in [3.63, 3.8) is 0 Å². The second kappa shape index (κ2) is 17.1. The fraction of sp³-hybridized carbons (Fsp3) is 0.297. The van der Waals surface area contributed by atoms with Gasteiger partial charge in [0.15, 0.2) is 0 Å². The average molecular weight is 604 g/mol. The number of halogens is 1. The number of phenols is 1. The molecule has 0 fully saturated rings. The van der Waals surface area contributed by atoms with Crippen LogP contribution in [0.2, 0.25) is 5.02 Å². The van der Waals surface area contributed by atoms with Crippen LogP contribution in [0.15, 0.2) is 90.5 Å². The van der Waals surface area contributed by atoms with Crippen LogP contribution in [0.3, 0.4) is 0 Å². The van der Waals surface area contributed by atoms with E-state index in [1.165, 1.54) is 0 Å². The first kappa shape index (κ1) is 36.9. The molecule has 3 aromatic carbocycles. The first-order valence-corrected chi connectivity index (χ1v) is 14.7. The van der Waals surface area contributed by atoms with Crippen LogP contribution in [0.5, 0.6) is 5.75 Å². The maximum Gasteiger partial charge on any atom is 0.331 e. The molecule has 3 aromatic rings. The molecular weight excluding hydrogens is 558 g/mol. The largest absolute Gasteiger partial charge is 0.507 e. The Kier molecular flexibility index (Phi) is 14.7. The molecule has 0 bridgehead atoms. The lowest BCUT2D eigenvalue weighted by molar-refractivity contribution is -0.133. The van der Waals surface area contributed by atoms with Crippen molar-refractivity contribution >= 4 is 34.7 Å². The monoisotopic (exact) mass is 603 g/mol. The number of para-hydroxylation sites is 1. The van der Waals surface area contributed by atoms with E-state index in [2.05, 4.69) is 6.58 Å². The molecule has 1 heterocycles. The number of benzene rings is 3. The average Bonchev–Trinajstić information content (AvgIpc) is 3.21. The van der Waals surface area contributed by atoms with Gasteiger partial charge in [-0.1, -0.05) is 114 Å². The van der Waals surface area contributed by atoms with Gasteiger partial charge < -0.3 is 15.1 Å². The predicted octanol–water partition coefficient (Wildman–Crippen LogP) is 10.4. The van der Waals surface area contributed by atoms with E-state index in [1.807, 2.05) is 90.1 Å². The van der Waals surface area contributed by atoms with Crippen molar-refractivity contribution < 1.29 is 19.8 Å². The molecule has 1 atom stereocenters. The molecule has 4 rings (SSSR count). The number of phenolic OH excluding ortho intramolecular Hbond substituents is 1. The Morgan fingerprint density at radius 3 is 2.05 bits per heavy atom. The van der Waals surface area contributed by atoms with Crippen molar-refractivity contribution in [2.75, 3.05) is 11.9 Å². The van der Waals surface area contributed by atoms with Gasteiger partial charge in [0.2, 0.25) is 0 Å². The lowest BCUT2D eigenvalue weighted by Crippen LogP contribution is -2.19. The number of anilines is 1. The smallest absolute Gasteiger partial charge is 0.331 e. The van der Waals surface area contributed by atoms with Crippen LogP contribution in [0.25, 0.3) is 27.8 Å². The highest BCUT2D eigenvalue weighted by molar-refractivity contribution is 6.36. The minimum absolute atomic E-state index is 0. The van der Waals surface area contributed by atoms with Crippen molar-refractivity contribution in [2.45, 2.75) is 61.8 Å². The van der Waals surface area contributed by atoms with Gasteiger partial charge in [-0.05, 0) is 61.1 Å². The summed E-state index contributed by atoms with van der Waals surface area (Å²) in [5.41, 5.74) is 7.14. The molecule has 1 aliphatic rings. The fourth-order valence-corrected chi connectivity index (χ4v) is 4.77. The van der Waals surface area contributed by atoms with Crippen molar-refractivity contribution in [1.82, 2.24) is 0 Å². The number of carbonyl (C=O) groups is 2. The molecule has 43 heavy (non-hydrogen) atoms. The molecule has 2 N–H and O–H groups in total. The van der Waals surface area contributed by atoms with Crippen LogP contribution in [0.4, 0.5) is 5.69 Å². The van der Waals surface area contributed by atoms with E-state index in [1.54, 1.807) is 36.2 Å². The van der Waals surface area contributed by atoms with Crippen molar-refractivity contribution in [2.24, 2.45) is 5.92 Å². The molecule has 0 aliphatic carbocycles. The number of hydrogen-bond acceptors (Lipinski definition) is 3. The SMILES string of the molecule is C.C/C=C(\C=C(\C(=O)O)C(C)CC)CC.C=C1C(=O)N(C)c2cc(Cl)c(-c3ccc(-c4ccccc4O)cc3)cc21.CC. The van der Waals surface area contributed by atoms with Crippen LogP contribution >= 0.6 is 11.6 Å². The van der Waals surface area contributed by atoms with Gasteiger partial charge in [-0.15, -0.1) is 0 Å². The summed E-state index contributed by atoms with van der Waals surface area (Å²) in [6, 6.07) is 18.7. The molecule has 230 valence electrons. The summed E-state index contributed by atoms with van der Waals surface area (Å²) in [4.78, 5) is 24.6. The number of fused-ring (bicyclic) bond motifs is 1. The highest BCUT2D eigenvalue weighted by atomic mass is 35.5. The Hall–Kier alpha value is -4.09. The van der Waals surface area contributed by atoms with E-state index in [-0.39, 0.29) is 25.0 Å². The first-order chi connectivity index (χ1) is 20.0. The number of aromatic hydroxyl groups is 1. The van der Waals surface area contributed by atoms with Crippen molar-refractivity contribution in [1.29, 1.82) is 0 Å². The highest BCUT2D eigenvalue weighted by Crippen LogP contribution is 2.42. The van der Waals surface area contributed by atoms with Gasteiger partial charge in [0.05, 0.1) is 10.7 Å². The normalized spacial score (nSPS) is 13.2. The lowest BCUT2D eigenvalue weighted by atomic mass is 9.95. The fourth-order valence-electron chi connectivity index (χ4n) is 4.50. The Balaban J connectivity index is 0.000000468. The molecule has 0 radical (unpaired) electrons. The van der Waals surface area contributed by atoms with Gasteiger partial charge in [-0.2, -0.15) is 0 Å². The maximum absolute atomic E-state index is 12.1. The number of likely N-dealkylation sites (N-methyl/N-ethyl adjacent to an activating group) is 1. The Morgan fingerprint density at radius 1 is 1.00 bits per heavy atom. The third kappa shape index (κ3) is 8.71. The molecule has 6 heteroatoms. The van der Waals surface area contributed by atoms with Gasteiger partial charge in [0.1, 0.15) is 5.75 Å². The van der Waals surface area contributed by atoms with E-state index < -0.39 is 5.97 Å². The van der Waals surface area contributed by atoms with E-state index >= 15 is 0 Å². The van der Waals surface area contributed by atoms with Crippen LogP contribution in [-0.4, -0.2) is 29.1 Å². The topological polar surface area (TPSA) is 77.8 Å². The summed E-state index contributed by atoms with van der Waals surface area (Å²) >= 11 is 6.48. The number of rotatable bonds is 7. The predicted molar refractivity (Wildman–Crippen MR) is 184 cm³/mol. The molecule has 0 aromatic heterocycles. The quantitative estimate of drug-likeness (QED) is 0.208. The zero-order valence-electron chi connectivity index (χ0n) is 25.7. The second-order valence-corrected chi connectivity index (χ2v) is 10.1. The summed E-state index contributed by atoms with van der Waals surface area (Å²) in [6.07, 6.45) is 5.50. The number of nitrogens with zero attached hydrogens (tertiary/aromatic N) is 1. The Bertz CT molecular complexity index is 1480.